The van der Waals surface area contributed by atoms with Crippen molar-refractivity contribution in [2.75, 3.05) is 40.3 Å². The predicted molar refractivity (Wildman–Crippen MR) is 81.5 cm³/mol. The van der Waals surface area contributed by atoms with Gasteiger partial charge in [0.25, 0.3) is 0 Å². The van der Waals surface area contributed by atoms with Crippen molar-refractivity contribution in [3.8, 4) is 0 Å². The molecule has 0 bridgehead atoms. The number of nitrogens with one attached hydrogen (secondary N) is 1. The lowest BCUT2D eigenvalue weighted by Crippen LogP contribution is -2.55. The van der Waals surface area contributed by atoms with E-state index in [9.17, 15) is 4.39 Å². The van der Waals surface area contributed by atoms with E-state index < -0.39 is 0 Å². The summed E-state index contributed by atoms with van der Waals surface area (Å²) < 4.78 is 13.6. The highest BCUT2D eigenvalue weighted by molar-refractivity contribution is 5.31. The van der Waals surface area contributed by atoms with Gasteiger partial charge in [0.2, 0.25) is 0 Å². The van der Waals surface area contributed by atoms with E-state index in [1.54, 1.807) is 12.1 Å². The summed E-state index contributed by atoms with van der Waals surface area (Å²) in [6, 6.07) is 5.64. The van der Waals surface area contributed by atoms with Crippen molar-refractivity contribution in [1.82, 2.24) is 15.1 Å². The number of benzene rings is 1. The second kappa shape index (κ2) is 6.66. The van der Waals surface area contributed by atoms with Gasteiger partial charge < -0.3 is 10.2 Å². The highest BCUT2D eigenvalue weighted by Crippen LogP contribution is 2.26. The second-order valence-corrected chi connectivity index (χ2v) is 5.85. The van der Waals surface area contributed by atoms with Gasteiger partial charge in [0.1, 0.15) is 5.82 Å². The summed E-state index contributed by atoms with van der Waals surface area (Å²) in [5.41, 5.74) is 2.23. The molecule has 112 valence electrons. The summed E-state index contributed by atoms with van der Waals surface area (Å²) in [7, 11) is 4.32. The largest absolute Gasteiger partial charge is 0.309 e. The van der Waals surface area contributed by atoms with Crippen LogP contribution in [0.1, 0.15) is 24.1 Å². The molecule has 1 fully saturated rings. The third-order valence-electron chi connectivity index (χ3n) is 4.28. The van der Waals surface area contributed by atoms with Gasteiger partial charge in [-0.1, -0.05) is 13.0 Å². The van der Waals surface area contributed by atoms with Crippen molar-refractivity contribution in [2.24, 2.45) is 0 Å². The van der Waals surface area contributed by atoms with Gasteiger partial charge in [-0.05, 0) is 50.8 Å². The first-order valence-electron chi connectivity index (χ1n) is 7.41. The number of halogens is 1. The molecule has 2 atom stereocenters. The zero-order valence-electron chi connectivity index (χ0n) is 13.0. The molecular formula is C16H26FN3. The average molecular weight is 279 g/mol. The Labute approximate surface area is 121 Å². The molecule has 1 heterocycles. The van der Waals surface area contributed by atoms with Crippen molar-refractivity contribution in [3.05, 3.63) is 35.1 Å². The topological polar surface area (TPSA) is 18.5 Å². The zero-order chi connectivity index (χ0) is 14.7. The molecule has 3 nitrogen and oxygen atoms in total. The van der Waals surface area contributed by atoms with Crippen molar-refractivity contribution in [2.45, 2.75) is 25.9 Å². The van der Waals surface area contributed by atoms with E-state index in [0.29, 0.717) is 6.04 Å². The standard InChI is InChI=1S/C16H26FN3/c1-5-18-16(14-10-13(17)7-6-12(14)2)15-11-19(3)8-9-20(15)4/h6-7,10,15-16,18H,5,8-9,11H2,1-4H3. The van der Waals surface area contributed by atoms with Gasteiger partial charge in [-0.25, -0.2) is 4.39 Å². The smallest absolute Gasteiger partial charge is 0.123 e. The fourth-order valence-corrected chi connectivity index (χ4v) is 3.02. The fourth-order valence-electron chi connectivity index (χ4n) is 3.02. The summed E-state index contributed by atoms with van der Waals surface area (Å²) in [5, 5.41) is 3.55. The molecule has 0 saturated carbocycles. The molecule has 0 aliphatic carbocycles. The summed E-state index contributed by atoms with van der Waals surface area (Å²) in [6.07, 6.45) is 0. The molecule has 1 aliphatic heterocycles. The van der Waals surface area contributed by atoms with Crippen molar-refractivity contribution < 1.29 is 4.39 Å². The number of rotatable bonds is 4. The van der Waals surface area contributed by atoms with Gasteiger partial charge in [0, 0.05) is 31.7 Å². The number of aryl methyl sites for hydroxylation is 1. The molecule has 1 aromatic rings. The third kappa shape index (κ3) is 3.37. The molecule has 1 saturated heterocycles. The van der Waals surface area contributed by atoms with Crippen LogP contribution in [0.2, 0.25) is 0 Å². The van der Waals surface area contributed by atoms with Crippen LogP contribution in [0, 0.1) is 12.7 Å². The van der Waals surface area contributed by atoms with Gasteiger partial charge in [-0.15, -0.1) is 0 Å². The molecule has 0 amide bonds. The minimum atomic E-state index is -0.152. The molecule has 4 heteroatoms. The van der Waals surface area contributed by atoms with Crippen molar-refractivity contribution in [3.63, 3.8) is 0 Å². The highest BCUT2D eigenvalue weighted by Gasteiger charge is 2.31. The van der Waals surface area contributed by atoms with Crippen LogP contribution in [0.5, 0.6) is 0 Å². The van der Waals surface area contributed by atoms with Crippen LogP contribution in [0.25, 0.3) is 0 Å². The van der Waals surface area contributed by atoms with E-state index in [-0.39, 0.29) is 11.9 Å². The van der Waals surface area contributed by atoms with Gasteiger partial charge in [-0.3, -0.25) is 4.90 Å². The first-order valence-corrected chi connectivity index (χ1v) is 7.41. The lowest BCUT2D eigenvalue weighted by atomic mass is 9.93. The average Bonchev–Trinajstić information content (AvgIpc) is 2.42. The Morgan fingerprint density at radius 2 is 2.10 bits per heavy atom. The Balaban J connectivity index is 2.32. The Kier molecular flexibility index (Phi) is 5.13. The quantitative estimate of drug-likeness (QED) is 0.910. The number of piperazine rings is 1. The van der Waals surface area contributed by atoms with Crippen molar-refractivity contribution >= 4 is 0 Å². The van der Waals surface area contributed by atoms with Crippen LogP contribution in [0.4, 0.5) is 4.39 Å². The van der Waals surface area contributed by atoms with E-state index in [1.165, 1.54) is 0 Å². The fraction of sp³-hybridized carbons (Fsp3) is 0.625. The van der Waals surface area contributed by atoms with E-state index in [4.69, 9.17) is 0 Å². The Morgan fingerprint density at radius 1 is 1.35 bits per heavy atom. The van der Waals surface area contributed by atoms with Crippen LogP contribution in [-0.2, 0) is 0 Å². The molecule has 0 aromatic heterocycles. The van der Waals surface area contributed by atoms with Gasteiger partial charge in [0.15, 0.2) is 0 Å². The van der Waals surface area contributed by atoms with Crippen LogP contribution in [0.15, 0.2) is 18.2 Å². The lowest BCUT2D eigenvalue weighted by molar-refractivity contribution is 0.0878. The minimum Gasteiger partial charge on any atom is -0.309 e. The first-order chi connectivity index (χ1) is 9.52. The SMILES string of the molecule is CCNC(c1cc(F)ccc1C)C1CN(C)CCN1C. The lowest BCUT2D eigenvalue weighted by Gasteiger charge is -2.42. The van der Waals surface area contributed by atoms with Crippen LogP contribution in [0.3, 0.4) is 0 Å². The zero-order valence-corrected chi connectivity index (χ0v) is 13.0. The Bertz CT molecular complexity index is 449. The molecule has 1 aromatic carbocycles. The van der Waals surface area contributed by atoms with Gasteiger partial charge in [0.05, 0.1) is 0 Å². The minimum absolute atomic E-state index is 0.152. The number of likely N-dealkylation sites (N-methyl/N-ethyl adjacent to an activating group) is 3. The first kappa shape index (κ1) is 15.4. The summed E-state index contributed by atoms with van der Waals surface area (Å²) in [5.74, 6) is -0.152. The maximum atomic E-state index is 13.6. The van der Waals surface area contributed by atoms with Crippen LogP contribution < -0.4 is 5.32 Å². The summed E-state index contributed by atoms with van der Waals surface area (Å²) >= 11 is 0. The molecular weight excluding hydrogens is 253 g/mol. The molecule has 1 aliphatic rings. The van der Waals surface area contributed by atoms with E-state index in [2.05, 4.69) is 43.1 Å². The molecule has 0 spiro atoms. The maximum absolute atomic E-state index is 13.6. The number of nitrogens with zero attached hydrogens (tertiary/aromatic N) is 2. The monoisotopic (exact) mass is 279 g/mol. The van der Waals surface area contributed by atoms with Crippen LogP contribution in [-0.4, -0.2) is 56.1 Å². The van der Waals surface area contributed by atoms with E-state index >= 15 is 0 Å². The van der Waals surface area contributed by atoms with E-state index in [0.717, 1.165) is 37.3 Å². The molecule has 2 unspecified atom stereocenters. The Hall–Kier alpha value is -0.970. The molecule has 0 radical (unpaired) electrons. The molecule has 2 rings (SSSR count). The predicted octanol–water partition coefficient (Wildman–Crippen LogP) is 2.03. The number of hydrogen-bond donors (Lipinski definition) is 1. The Morgan fingerprint density at radius 3 is 2.80 bits per heavy atom. The second-order valence-electron chi connectivity index (χ2n) is 5.85. The van der Waals surface area contributed by atoms with Crippen LogP contribution >= 0.6 is 0 Å². The highest BCUT2D eigenvalue weighted by atomic mass is 19.1. The van der Waals surface area contributed by atoms with Gasteiger partial charge >= 0.3 is 0 Å². The van der Waals surface area contributed by atoms with Crippen molar-refractivity contribution in [1.29, 1.82) is 0 Å². The number of hydrogen-bond acceptors (Lipinski definition) is 3. The molecule has 20 heavy (non-hydrogen) atoms. The van der Waals surface area contributed by atoms with Gasteiger partial charge in [-0.2, -0.15) is 0 Å². The normalized spacial score (nSPS) is 22.9. The maximum Gasteiger partial charge on any atom is 0.123 e. The third-order valence-corrected chi connectivity index (χ3v) is 4.28. The summed E-state index contributed by atoms with van der Waals surface area (Å²) in [4.78, 5) is 4.74. The summed E-state index contributed by atoms with van der Waals surface area (Å²) in [6.45, 7) is 8.20. The molecule has 1 N–H and O–H groups in total. The van der Waals surface area contributed by atoms with E-state index in [1.807, 2.05) is 6.07 Å².